The van der Waals surface area contributed by atoms with Gasteiger partial charge in [0.1, 0.15) is 0 Å². The summed E-state index contributed by atoms with van der Waals surface area (Å²) in [5.74, 6) is 0.605. The molecule has 0 aliphatic carbocycles. The van der Waals surface area contributed by atoms with Crippen LogP contribution in [0.2, 0.25) is 5.02 Å². The lowest BCUT2D eigenvalue weighted by Crippen LogP contribution is -2.20. The Morgan fingerprint density at radius 3 is 2.76 bits per heavy atom. The highest BCUT2D eigenvalue weighted by atomic mass is 35.5. The summed E-state index contributed by atoms with van der Waals surface area (Å²) in [7, 11) is 0. The fourth-order valence-electron chi connectivity index (χ4n) is 1.54. The number of hydrogen-bond donors (Lipinski definition) is 1. The molecule has 0 heterocycles. The zero-order valence-electron chi connectivity index (χ0n) is 10.9. The van der Waals surface area contributed by atoms with Crippen LogP contribution in [-0.4, -0.2) is 19.8 Å². The molecule has 0 saturated heterocycles. The van der Waals surface area contributed by atoms with E-state index in [0.717, 1.165) is 31.3 Å². The molecule has 0 spiro atoms. The summed E-state index contributed by atoms with van der Waals surface area (Å²) in [5, 5.41) is 4.17. The van der Waals surface area contributed by atoms with E-state index < -0.39 is 0 Å². The summed E-state index contributed by atoms with van der Waals surface area (Å²) in [6.45, 7) is 9.75. The number of nitrogens with one attached hydrogen (secondary N) is 1. The molecule has 1 aromatic rings. The van der Waals surface area contributed by atoms with Crippen LogP contribution in [0, 0.1) is 12.8 Å². The smallest absolute Gasteiger partial charge is 0.0591 e. The molecule has 0 amide bonds. The Bertz CT molecular complexity index is 339. The minimum absolute atomic E-state index is 0.605. The van der Waals surface area contributed by atoms with Crippen LogP contribution in [0.3, 0.4) is 0 Å². The molecule has 1 aromatic carbocycles. The van der Waals surface area contributed by atoms with Gasteiger partial charge in [0, 0.05) is 24.7 Å². The Morgan fingerprint density at radius 1 is 1.35 bits per heavy atom. The molecule has 0 unspecified atom stereocenters. The van der Waals surface area contributed by atoms with Crippen LogP contribution in [0.1, 0.15) is 25.0 Å². The van der Waals surface area contributed by atoms with Crippen molar-refractivity contribution >= 4 is 11.6 Å². The number of rotatable bonds is 7. The molecule has 96 valence electrons. The molecule has 0 bridgehead atoms. The van der Waals surface area contributed by atoms with Gasteiger partial charge in [-0.15, -0.1) is 0 Å². The quantitative estimate of drug-likeness (QED) is 0.754. The van der Waals surface area contributed by atoms with Crippen LogP contribution >= 0.6 is 11.6 Å². The first-order valence-corrected chi connectivity index (χ1v) is 6.51. The van der Waals surface area contributed by atoms with Crippen molar-refractivity contribution in [3.8, 4) is 0 Å². The molecule has 3 heteroatoms. The maximum absolute atomic E-state index is 5.91. The Balaban J connectivity index is 2.18. The first kappa shape index (κ1) is 14.5. The van der Waals surface area contributed by atoms with Crippen molar-refractivity contribution < 1.29 is 4.74 Å². The number of halogens is 1. The number of aryl methyl sites for hydroxylation is 1. The molecule has 0 aliphatic heterocycles. The van der Waals surface area contributed by atoms with Crippen molar-refractivity contribution in [3.05, 3.63) is 34.3 Å². The van der Waals surface area contributed by atoms with Gasteiger partial charge in [-0.3, -0.25) is 0 Å². The third-order valence-corrected chi connectivity index (χ3v) is 2.73. The average Bonchev–Trinajstić information content (AvgIpc) is 2.25. The second-order valence-corrected chi connectivity index (χ2v) is 5.15. The van der Waals surface area contributed by atoms with E-state index in [1.54, 1.807) is 0 Å². The highest BCUT2D eigenvalue weighted by molar-refractivity contribution is 6.30. The molecular weight excluding hydrogens is 234 g/mol. The van der Waals surface area contributed by atoms with E-state index in [1.165, 1.54) is 11.1 Å². The van der Waals surface area contributed by atoms with Gasteiger partial charge >= 0.3 is 0 Å². The van der Waals surface area contributed by atoms with Gasteiger partial charge in [-0.05, 0) is 36.1 Å². The maximum atomic E-state index is 5.91. The van der Waals surface area contributed by atoms with Crippen molar-refractivity contribution in [3.63, 3.8) is 0 Å². The summed E-state index contributed by atoms with van der Waals surface area (Å²) < 4.78 is 5.50. The third kappa shape index (κ3) is 6.06. The lowest BCUT2D eigenvalue weighted by molar-refractivity contribution is 0.111. The molecule has 1 N–H and O–H groups in total. The van der Waals surface area contributed by atoms with Crippen LogP contribution in [0.15, 0.2) is 18.2 Å². The summed E-state index contributed by atoms with van der Waals surface area (Å²) in [6.07, 6.45) is 0. The van der Waals surface area contributed by atoms with E-state index in [4.69, 9.17) is 16.3 Å². The minimum Gasteiger partial charge on any atom is -0.380 e. The first-order chi connectivity index (χ1) is 8.09. The van der Waals surface area contributed by atoms with E-state index in [2.05, 4.69) is 32.2 Å². The molecule has 17 heavy (non-hydrogen) atoms. The van der Waals surface area contributed by atoms with Crippen LogP contribution < -0.4 is 5.32 Å². The van der Waals surface area contributed by atoms with Crippen LogP contribution in [0.25, 0.3) is 0 Å². The summed E-state index contributed by atoms with van der Waals surface area (Å²) in [6, 6.07) is 5.99. The molecular formula is C14H22ClNO. The van der Waals surface area contributed by atoms with Gasteiger partial charge in [0.05, 0.1) is 6.61 Å². The number of ether oxygens (including phenoxy) is 1. The van der Waals surface area contributed by atoms with E-state index >= 15 is 0 Å². The predicted molar refractivity (Wildman–Crippen MR) is 73.6 cm³/mol. The van der Waals surface area contributed by atoms with Gasteiger partial charge < -0.3 is 10.1 Å². The fourth-order valence-corrected chi connectivity index (χ4v) is 1.77. The standard InChI is InChI=1S/C14H22ClNO/c1-11(2)10-17-7-6-16-9-13-4-5-14(15)8-12(13)3/h4-5,8,11,16H,6-7,9-10H2,1-3H3. The SMILES string of the molecule is Cc1cc(Cl)ccc1CNCCOCC(C)C. The number of hydrogen-bond acceptors (Lipinski definition) is 2. The van der Waals surface area contributed by atoms with E-state index in [0.29, 0.717) is 5.92 Å². The Labute approximate surface area is 109 Å². The largest absolute Gasteiger partial charge is 0.380 e. The molecule has 0 fully saturated rings. The molecule has 2 nitrogen and oxygen atoms in total. The van der Waals surface area contributed by atoms with Crippen molar-refractivity contribution in [1.29, 1.82) is 0 Å². The molecule has 0 aliphatic rings. The lowest BCUT2D eigenvalue weighted by Gasteiger charge is -2.09. The van der Waals surface area contributed by atoms with E-state index in [9.17, 15) is 0 Å². The van der Waals surface area contributed by atoms with Crippen molar-refractivity contribution in [2.75, 3.05) is 19.8 Å². The Morgan fingerprint density at radius 2 is 2.12 bits per heavy atom. The van der Waals surface area contributed by atoms with Gasteiger partial charge in [0.2, 0.25) is 0 Å². The second kappa shape index (κ2) is 7.70. The molecule has 0 saturated carbocycles. The third-order valence-electron chi connectivity index (χ3n) is 2.49. The zero-order valence-corrected chi connectivity index (χ0v) is 11.7. The summed E-state index contributed by atoms with van der Waals surface area (Å²) in [4.78, 5) is 0. The Kier molecular flexibility index (Phi) is 6.56. The van der Waals surface area contributed by atoms with Crippen molar-refractivity contribution in [2.45, 2.75) is 27.3 Å². The molecule has 1 rings (SSSR count). The highest BCUT2D eigenvalue weighted by Crippen LogP contribution is 2.14. The summed E-state index contributed by atoms with van der Waals surface area (Å²) in [5.41, 5.74) is 2.52. The van der Waals surface area contributed by atoms with Crippen LogP contribution in [0.4, 0.5) is 0 Å². The Hall–Kier alpha value is -0.570. The second-order valence-electron chi connectivity index (χ2n) is 4.72. The monoisotopic (exact) mass is 255 g/mol. The lowest BCUT2D eigenvalue weighted by atomic mass is 10.1. The zero-order chi connectivity index (χ0) is 12.7. The topological polar surface area (TPSA) is 21.3 Å². The van der Waals surface area contributed by atoms with Gasteiger partial charge in [0.25, 0.3) is 0 Å². The molecule has 0 radical (unpaired) electrons. The average molecular weight is 256 g/mol. The minimum atomic E-state index is 0.605. The van der Waals surface area contributed by atoms with Gasteiger partial charge in [-0.2, -0.15) is 0 Å². The van der Waals surface area contributed by atoms with Crippen LogP contribution in [-0.2, 0) is 11.3 Å². The van der Waals surface area contributed by atoms with Crippen molar-refractivity contribution in [2.24, 2.45) is 5.92 Å². The maximum Gasteiger partial charge on any atom is 0.0591 e. The molecule has 0 atom stereocenters. The normalized spacial score (nSPS) is 11.1. The van der Waals surface area contributed by atoms with Gasteiger partial charge in [0.15, 0.2) is 0 Å². The molecule has 0 aromatic heterocycles. The van der Waals surface area contributed by atoms with E-state index in [-0.39, 0.29) is 0 Å². The van der Waals surface area contributed by atoms with Gasteiger partial charge in [-0.25, -0.2) is 0 Å². The van der Waals surface area contributed by atoms with E-state index in [1.807, 2.05) is 12.1 Å². The summed E-state index contributed by atoms with van der Waals surface area (Å²) >= 11 is 5.91. The highest BCUT2D eigenvalue weighted by Gasteiger charge is 1.99. The predicted octanol–water partition coefficient (Wildman–Crippen LogP) is 3.41. The van der Waals surface area contributed by atoms with Gasteiger partial charge in [-0.1, -0.05) is 31.5 Å². The fraction of sp³-hybridized carbons (Fsp3) is 0.571. The van der Waals surface area contributed by atoms with Crippen molar-refractivity contribution in [1.82, 2.24) is 5.32 Å². The first-order valence-electron chi connectivity index (χ1n) is 6.13. The van der Waals surface area contributed by atoms with Crippen LogP contribution in [0.5, 0.6) is 0 Å². The number of benzene rings is 1.